The zero-order chi connectivity index (χ0) is 13.8. The molecule has 0 saturated carbocycles. The van der Waals surface area contributed by atoms with Gasteiger partial charge in [0.25, 0.3) is 0 Å². The van der Waals surface area contributed by atoms with E-state index in [0.29, 0.717) is 0 Å². The number of benzene rings is 1. The molecule has 1 rings (SSSR count). The van der Waals surface area contributed by atoms with Crippen LogP contribution >= 0.6 is 0 Å². The monoisotopic (exact) mass is 268 g/mol. The van der Waals surface area contributed by atoms with Crippen LogP contribution in [-0.4, -0.2) is 15.0 Å². The number of nitrogens with zero attached hydrogens (tertiary/aromatic N) is 1. The molecular weight excluding hydrogens is 255 g/mol. The molecule has 0 aliphatic heterocycles. The molecule has 6 heteroatoms. The lowest BCUT2D eigenvalue weighted by molar-refractivity contribution is 0.580. The van der Waals surface area contributed by atoms with Crippen LogP contribution in [0, 0.1) is 17.1 Å². The summed E-state index contributed by atoms with van der Waals surface area (Å²) in [4.78, 5) is -0.341. The number of hydrogen-bond acceptors (Lipinski definition) is 3. The minimum absolute atomic E-state index is 0.103. The molecule has 0 heterocycles. The van der Waals surface area contributed by atoms with E-state index >= 15 is 0 Å². The Labute approximate surface area is 106 Å². The lowest BCUT2D eigenvalue weighted by atomic mass is 10.2. The van der Waals surface area contributed by atoms with Crippen LogP contribution in [0.1, 0.15) is 19.4 Å². The Bertz CT molecular complexity index is 611. The topological polar surface area (TPSA) is 70.0 Å². The Kier molecular flexibility index (Phi) is 4.59. The van der Waals surface area contributed by atoms with Crippen LogP contribution in [0.5, 0.6) is 0 Å². The van der Waals surface area contributed by atoms with Crippen LogP contribution < -0.4 is 4.72 Å². The second-order valence-corrected chi connectivity index (χ2v) is 5.59. The molecule has 0 aliphatic rings. The second kappa shape index (κ2) is 5.76. The highest BCUT2D eigenvalue weighted by Crippen LogP contribution is 2.17. The summed E-state index contributed by atoms with van der Waals surface area (Å²) >= 11 is 0. The highest BCUT2D eigenvalue weighted by molar-refractivity contribution is 7.89. The van der Waals surface area contributed by atoms with Crippen molar-refractivity contribution in [1.82, 2.24) is 4.72 Å². The molecule has 0 aromatic heterocycles. The number of hydrogen-bond donors (Lipinski definition) is 1. The van der Waals surface area contributed by atoms with Gasteiger partial charge in [-0.3, -0.25) is 0 Å². The number of halogens is 1. The van der Waals surface area contributed by atoms with Gasteiger partial charge in [0.1, 0.15) is 22.3 Å². The Morgan fingerprint density at radius 2 is 2.17 bits per heavy atom. The van der Waals surface area contributed by atoms with Gasteiger partial charge in [-0.2, -0.15) is 5.26 Å². The Hall–Kier alpha value is -1.71. The maximum atomic E-state index is 13.3. The van der Waals surface area contributed by atoms with Gasteiger partial charge in [0, 0.05) is 6.54 Å². The van der Waals surface area contributed by atoms with E-state index in [2.05, 4.69) is 4.72 Å². The van der Waals surface area contributed by atoms with Crippen molar-refractivity contribution in [3.8, 4) is 6.07 Å². The van der Waals surface area contributed by atoms with E-state index in [0.717, 1.165) is 11.6 Å². The molecule has 0 fully saturated rings. The third-order valence-corrected chi connectivity index (χ3v) is 3.63. The maximum Gasteiger partial charge on any atom is 0.242 e. The van der Waals surface area contributed by atoms with Crippen molar-refractivity contribution in [3.63, 3.8) is 0 Å². The van der Waals surface area contributed by atoms with E-state index in [9.17, 15) is 12.8 Å². The second-order valence-electron chi connectivity index (χ2n) is 3.86. The van der Waals surface area contributed by atoms with E-state index in [1.807, 2.05) is 13.8 Å². The van der Waals surface area contributed by atoms with E-state index in [-0.39, 0.29) is 11.4 Å². The summed E-state index contributed by atoms with van der Waals surface area (Å²) in [6.07, 6.45) is 1.68. The van der Waals surface area contributed by atoms with Crippen molar-refractivity contribution in [1.29, 1.82) is 5.26 Å². The fraction of sp³-hybridized carbons (Fsp3) is 0.250. The first kappa shape index (κ1) is 14.4. The highest BCUT2D eigenvalue weighted by atomic mass is 32.2. The van der Waals surface area contributed by atoms with Gasteiger partial charge in [-0.15, -0.1) is 0 Å². The summed E-state index contributed by atoms with van der Waals surface area (Å²) in [5, 5.41) is 8.78. The summed E-state index contributed by atoms with van der Waals surface area (Å²) in [5.74, 6) is -0.845. The van der Waals surface area contributed by atoms with Gasteiger partial charge >= 0.3 is 0 Å². The van der Waals surface area contributed by atoms with Crippen molar-refractivity contribution in [2.75, 3.05) is 6.54 Å². The molecule has 0 aliphatic carbocycles. The van der Waals surface area contributed by atoms with Crippen molar-refractivity contribution in [3.05, 3.63) is 41.2 Å². The van der Waals surface area contributed by atoms with Crippen LogP contribution in [0.25, 0.3) is 0 Å². The summed E-state index contributed by atoms with van der Waals surface area (Å²) < 4.78 is 39.4. The zero-order valence-corrected chi connectivity index (χ0v) is 10.9. The first-order chi connectivity index (χ1) is 8.38. The number of rotatable bonds is 4. The van der Waals surface area contributed by atoms with E-state index < -0.39 is 21.4 Å². The van der Waals surface area contributed by atoms with Crippen molar-refractivity contribution < 1.29 is 12.8 Å². The summed E-state index contributed by atoms with van der Waals surface area (Å²) in [5.41, 5.74) is 0.486. The Morgan fingerprint density at radius 3 is 2.72 bits per heavy atom. The SMILES string of the molecule is CC(C)=CCNS(=O)(=O)c1cccc(F)c1C#N. The molecule has 0 bridgehead atoms. The first-order valence-electron chi connectivity index (χ1n) is 5.20. The predicted octanol–water partition coefficient (Wildman–Crippen LogP) is 1.94. The first-order valence-corrected chi connectivity index (χ1v) is 6.68. The summed E-state index contributed by atoms with van der Waals surface area (Å²) in [6, 6.07) is 5.07. The molecule has 1 aromatic rings. The van der Waals surface area contributed by atoms with E-state index in [1.54, 1.807) is 12.1 Å². The van der Waals surface area contributed by atoms with E-state index in [1.165, 1.54) is 12.1 Å². The van der Waals surface area contributed by atoms with Crippen LogP contribution in [0.2, 0.25) is 0 Å². The fourth-order valence-corrected chi connectivity index (χ4v) is 2.40. The quantitative estimate of drug-likeness (QED) is 0.848. The minimum atomic E-state index is -3.88. The molecule has 0 saturated heterocycles. The molecule has 18 heavy (non-hydrogen) atoms. The minimum Gasteiger partial charge on any atom is -0.207 e. The third-order valence-electron chi connectivity index (χ3n) is 2.16. The van der Waals surface area contributed by atoms with Gasteiger partial charge in [0.15, 0.2) is 0 Å². The predicted molar refractivity (Wildman–Crippen MR) is 65.7 cm³/mol. The van der Waals surface area contributed by atoms with Crippen molar-refractivity contribution >= 4 is 10.0 Å². The lowest BCUT2D eigenvalue weighted by Crippen LogP contribution is -2.25. The average molecular weight is 268 g/mol. The summed E-state index contributed by atoms with van der Waals surface area (Å²) in [7, 11) is -3.88. The molecule has 4 nitrogen and oxygen atoms in total. The molecule has 0 atom stereocenters. The van der Waals surface area contributed by atoms with Crippen LogP contribution in [-0.2, 0) is 10.0 Å². The van der Waals surface area contributed by atoms with Gasteiger partial charge in [-0.1, -0.05) is 17.7 Å². The Morgan fingerprint density at radius 1 is 1.50 bits per heavy atom. The standard InChI is InChI=1S/C12H13FN2O2S/c1-9(2)6-7-15-18(16,17)12-5-3-4-11(13)10(12)8-14/h3-6,15H,7H2,1-2H3. The molecule has 1 N–H and O–H groups in total. The van der Waals surface area contributed by atoms with Gasteiger partial charge in [-0.25, -0.2) is 17.5 Å². The molecule has 96 valence electrons. The van der Waals surface area contributed by atoms with Gasteiger partial charge in [0.2, 0.25) is 10.0 Å². The molecule has 0 unspecified atom stereocenters. The molecule has 0 amide bonds. The van der Waals surface area contributed by atoms with Crippen LogP contribution in [0.15, 0.2) is 34.7 Å². The Balaban J connectivity index is 3.11. The fourth-order valence-electron chi connectivity index (χ4n) is 1.27. The molecule has 0 radical (unpaired) electrons. The van der Waals surface area contributed by atoms with Crippen molar-refractivity contribution in [2.24, 2.45) is 0 Å². The maximum absolute atomic E-state index is 13.3. The van der Waals surface area contributed by atoms with Crippen LogP contribution in [0.4, 0.5) is 4.39 Å². The largest absolute Gasteiger partial charge is 0.242 e. The molecular formula is C12H13FN2O2S. The zero-order valence-electron chi connectivity index (χ0n) is 10.1. The third kappa shape index (κ3) is 3.39. The summed E-state index contributed by atoms with van der Waals surface area (Å²) in [6.45, 7) is 3.76. The van der Waals surface area contributed by atoms with E-state index in [4.69, 9.17) is 5.26 Å². The smallest absolute Gasteiger partial charge is 0.207 e. The van der Waals surface area contributed by atoms with Gasteiger partial charge in [-0.05, 0) is 26.0 Å². The molecule has 1 aromatic carbocycles. The number of nitriles is 1. The average Bonchev–Trinajstić information content (AvgIpc) is 2.27. The highest BCUT2D eigenvalue weighted by Gasteiger charge is 2.20. The van der Waals surface area contributed by atoms with Gasteiger partial charge in [0.05, 0.1) is 0 Å². The van der Waals surface area contributed by atoms with Crippen LogP contribution in [0.3, 0.4) is 0 Å². The van der Waals surface area contributed by atoms with Crippen molar-refractivity contribution in [2.45, 2.75) is 18.7 Å². The van der Waals surface area contributed by atoms with Gasteiger partial charge < -0.3 is 0 Å². The number of nitrogens with one attached hydrogen (secondary N) is 1. The normalized spacial score (nSPS) is 10.8. The number of allylic oxidation sites excluding steroid dienone is 1. The lowest BCUT2D eigenvalue weighted by Gasteiger charge is -2.07. The molecule has 0 spiro atoms. The number of sulfonamides is 1.